The minimum absolute atomic E-state index is 0.0111. The SMILES string of the molecule is CCC(C)c1cc(F)c(Nc2ncc(O)c(NC[C@@H]3CCCN4CCCC[C@H]34)n2)cc1-n1nnn(C)c1=O. The van der Waals surface area contributed by atoms with E-state index in [4.69, 9.17) is 0 Å². The zero-order chi connectivity index (χ0) is 26.8. The first-order valence-electron chi connectivity index (χ1n) is 13.5. The minimum Gasteiger partial charge on any atom is -0.503 e. The molecular weight excluding hydrogens is 489 g/mol. The first-order valence-corrected chi connectivity index (χ1v) is 13.5. The fraction of sp³-hybridized carbons (Fsp3) is 0.577. The lowest BCUT2D eigenvalue weighted by Crippen LogP contribution is -2.49. The van der Waals surface area contributed by atoms with Gasteiger partial charge in [0.05, 0.1) is 17.6 Å². The third-order valence-electron chi connectivity index (χ3n) is 7.99. The Morgan fingerprint density at radius 2 is 2.00 bits per heavy atom. The van der Waals surface area contributed by atoms with E-state index >= 15 is 4.39 Å². The number of tetrazole rings is 1. The highest BCUT2D eigenvalue weighted by molar-refractivity contribution is 5.63. The number of aromatic nitrogens is 6. The van der Waals surface area contributed by atoms with Crippen molar-refractivity contribution in [2.24, 2.45) is 13.0 Å². The molecule has 1 aromatic carbocycles. The van der Waals surface area contributed by atoms with Crippen molar-refractivity contribution < 1.29 is 9.50 Å². The molecule has 0 radical (unpaired) electrons. The zero-order valence-corrected chi connectivity index (χ0v) is 22.2. The zero-order valence-electron chi connectivity index (χ0n) is 22.2. The summed E-state index contributed by atoms with van der Waals surface area (Å²) in [6.45, 7) is 6.99. The standard InChI is InChI=1S/C26H36FN9O2/c1-4-16(2)18-12-19(27)20(13-22(18)36-26(38)34(3)32-33-36)30-25-29-15-23(37)24(31-25)28-14-17-8-7-11-35-10-6-5-9-21(17)35/h12-13,15-17,21,37H,4-11,14H2,1-3H3,(H2,28,29,30,31)/t16?,17-,21+/m0/s1. The van der Waals surface area contributed by atoms with Gasteiger partial charge in [0.1, 0.15) is 5.82 Å². The fourth-order valence-electron chi connectivity index (χ4n) is 5.67. The fourth-order valence-corrected chi connectivity index (χ4v) is 5.67. The maximum absolute atomic E-state index is 15.2. The molecule has 12 heteroatoms. The molecule has 3 aromatic rings. The van der Waals surface area contributed by atoms with Gasteiger partial charge in [-0.3, -0.25) is 0 Å². The maximum Gasteiger partial charge on any atom is 0.368 e. The van der Waals surface area contributed by atoms with E-state index in [-0.39, 0.29) is 23.3 Å². The average molecular weight is 526 g/mol. The van der Waals surface area contributed by atoms with Crippen LogP contribution >= 0.6 is 0 Å². The van der Waals surface area contributed by atoms with Crippen LogP contribution in [0.25, 0.3) is 5.69 Å². The van der Waals surface area contributed by atoms with Gasteiger partial charge < -0.3 is 20.6 Å². The summed E-state index contributed by atoms with van der Waals surface area (Å²) >= 11 is 0. The molecule has 2 aromatic heterocycles. The summed E-state index contributed by atoms with van der Waals surface area (Å²) in [5.74, 6) is 0.326. The van der Waals surface area contributed by atoms with Gasteiger partial charge in [0.2, 0.25) is 5.95 Å². The third kappa shape index (κ3) is 5.22. The lowest BCUT2D eigenvalue weighted by Gasteiger charge is -2.44. The Hall–Kier alpha value is -3.54. The summed E-state index contributed by atoms with van der Waals surface area (Å²) in [4.78, 5) is 23.8. The number of aromatic hydroxyl groups is 1. The number of anilines is 3. The van der Waals surface area contributed by atoms with E-state index in [9.17, 15) is 9.90 Å². The Kier molecular flexibility index (Phi) is 7.59. The van der Waals surface area contributed by atoms with Crippen LogP contribution in [0.2, 0.25) is 0 Å². The van der Waals surface area contributed by atoms with Gasteiger partial charge in [-0.25, -0.2) is 14.2 Å². The number of hydrogen-bond donors (Lipinski definition) is 3. The smallest absolute Gasteiger partial charge is 0.368 e. The Morgan fingerprint density at radius 1 is 1.18 bits per heavy atom. The van der Waals surface area contributed by atoms with E-state index in [1.165, 1.54) is 51.1 Å². The van der Waals surface area contributed by atoms with Crippen LogP contribution in [0, 0.1) is 11.7 Å². The normalized spacial score (nSPS) is 20.6. The monoisotopic (exact) mass is 525 g/mol. The largest absolute Gasteiger partial charge is 0.503 e. The molecule has 2 aliphatic heterocycles. The van der Waals surface area contributed by atoms with E-state index in [1.54, 1.807) is 0 Å². The Labute approximate surface area is 221 Å². The molecule has 2 fully saturated rings. The third-order valence-corrected chi connectivity index (χ3v) is 7.99. The van der Waals surface area contributed by atoms with Gasteiger partial charge in [-0.2, -0.15) is 14.3 Å². The van der Waals surface area contributed by atoms with Crippen LogP contribution in [0.1, 0.15) is 63.9 Å². The van der Waals surface area contributed by atoms with Crippen molar-refractivity contribution in [1.29, 1.82) is 0 Å². The molecule has 0 spiro atoms. The Bertz CT molecular complexity index is 1340. The molecule has 4 heterocycles. The number of nitrogens with zero attached hydrogens (tertiary/aromatic N) is 7. The van der Waals surface area contributed by atoms with Crippen molar-refractivity contribution in [3.05, 3.63) is 40.2 Å². The van der Waals surface area contributed by atoms with Crippen LogP contribution in [0.4, 0.5) is 21.8 Å². The quantitative estimate of drug-likeness (QED) is 0.405. The molecule has 0 amide bonds. The van der Waals surface area contributed by atoms with Crippen molar-refractivity contribution in [1.82, 2.24) is 34.7 Å². The maximum atomic E-state index is 15.2. The number of benzene rings is 1. The van der Waals surface area contributed by atoms with E-state index in [2.05, 4.69) is 35.9 Å². The first-order chi connectivity index (χ1) is 18.4. The number of hydrogen-bond acceptors (Lipinski definition) is 9. The number of fused-ring (bicyclic) bond motifs is 1. The van der Waals surface area contributed by atoms with Crippen molar-refractivity contribution in [3.8, 4) is 11.4 Å². The highest BCUT2D eigenvalue weighted by Gasteiger charge is 2.33. The number of aryl methyl sites for hydroxylation is 1. The summed E-state index contributed by atoms with van der Waals surface area (Å²) in [5.41, 5.74) is 0.745. The number of nitrogens with one attached hydrogen (secondary N) is 2. The molecule has 204 valence electrons. The van der Waals surface area contributed by atoms with Crippen molar-refractivity contribution in [2.45, 2.75) is 64.3 Å². The van der Waals surface area contributed by atoms with Crippen LogP contribution in [-0.4, -0.2) is 65.4 Å². The van der Waals surface area contributed by atoms with Crippen LogP contribution in [0.5, 0.6) is 5.75 Å². The van der Waals surface area contributed by atoms with Crippen molar-refractivity contribution in [2.75, 3.05) is 30.3 Å². The lowest BCUT2D eigenvalue weighted by atomic mass is 9.83. The molecule has 38 heavy (non-hydrogen) atoms. The molecular formula is C26H36FN9O2. The summed E-state index contributed by atoms with van der Waals surface area (Å²) in [7, 11) is 1.51. The van der Waals surface area contributed by atoms with Crippen LogP contribution < -0.4 is 16.3 Å². The van der Waals surface area contributed by atoms with Gasteiger partial charge in [0.15, 0.2) is 11.6 Å². The van der Waals surface area contributed by atoms with Crippen LogP contribution in [-0.2, 0) is 7.05 Å². The highest BCUT2D eigenvalue weighted by atomic mass is 19.1. The van der Waals surface area contributed by atoms with Crippen molar-refractivity contribution >= 4 is 17.5 Å². The van der Waals surface area contributed by atoms with Gasteiger partial charge in [-0.05, 0) is 85.2 Å². The van der Waals surface area contributed by atoms with Gasteiger partial charge in [-0.15, -0.1) is 0 Å². The summed E-state index contributed by atoms with van der Waals surface area (Å²) in [6, 6.07) is 3.49. The topological polar surface area (TPSA) is 126 Å². The molecule has 11 nitrogen and oxygen atoms in total. The van der Waals surface area contributed by atoms with Gasteiger partial charge in [0, 0.05) is 19.6 Å². The van der Waals surface area contributed by atoms with E-state index in [0.717, 1.165) is 35.3 Å². The Balaban J connectivity index is 1.38. The molecule has 3 N–H and O–H groups in total. The first kappa shape index (κ1) is 26.1. The van der Waals surface area contributed by atoms with E-state index < -0.39 is 11.5 Å². The van der Waals surface area contributed by atoms with Crippen LogP contribution in [0.3, 0.4) is 0 Å². The molecule has 0 aliphatic carbocycles. The lowest BCUT2D eigenvalue weighted by molar-refractivity contribution is 0.0649. The Morgan fingerprint density at radius 3 is 2.76 bits per heavy atom. The van der Waals surface area contributed by atoms with Crippen LogP contribution in [0.15, 0.2) is 23.1 Å². The molecule has 2 saturated heterocycles. The molecule has 3 atom stereocenters. The van der Waals surface area contributed by atoms with Crippen molar-refractivity contribution in [3.63, 3.8) is 0 Å². The molecule has 2 aliphatic rings. The second-order valence-electron chi connectivity index (χ2n) is 10.4. The predicted octanol–water partition coefficient (Wildman–Crippen LogP) is 3.53. The number of rotatable bonds is 8. The summed E-state index contributed by atoms with van der Waals surface area (Å²) in [5, 5.41) is 24.4. The second kappa shape index (κ2) is 11.1. The molecule has 0 bridgehead atoms. The second-order valence-corrected chi connectivity index (χ2v) is 10.4. The molecule has 5 rings (SSSR count). The van der Waals surface area contributed by atoms with Gasteiger partial charge >= 0.3 is 5.69 Å². The number of halogens is 1. The van der Waals surface area contributed by atoms with E-state index in [1.807, 2.05) is 13.8 Å². The minimum atomic E-state index is -0.508. The van der Waals surface area contributed by atoms with Gasteiger partial charge in [0.25, 0.3) is 0 Å². The van der Waals surface area contributed by atoms with E-state index in [0.29, 0.717) is 35.6 Å². The highest BCUT2D eigenvalue weighted by Crippen LogP contribution is 2.33. The van der Waals surface area contributed by atoms with Gasteiger partial charge in [-0.1, -0.05) is 20.3 Å². The summed E-state index contributed by atoms with van der Waals surface area (Å²) < 4.78 is 17.5. The predicted molar refractivity (Wildman–Crippen MR) is 143 cm³/mol. The number of piperidine rings is 2. The summed E-state index contributed by atoms with van der Waals surface area (Å²) in [6.07, 6.45) is 8.10. The molecule has 1 unspecified atom stereocenters. The molecule has 0 saturated carbocycles. The average Bonchev–Trinajstić information content (AvgIpc) is 3.26.